The first-order chi connectivity index (χ1) is 19.0. The Morgan fingerprint density at radius 2 is 1.60 bits per heavy atom. The third-order valence-corrected chi connectivity index (χ3v) is 8.75. The summed E-state index contributed by atoms with van der Waals surface area (Å²) >= 11 is 0. The molecule has 220 valence electrons. The molecule has 1 fully saturated rings. The van der Waals surface area contributed by atoms with E-state index >= 15 is 0 Å². The van der Waals surface area contributed by atoms with Crippen LogP contribution in [0.1, 0.15) is 52.0 Å². The number of aliphatic hydroxyl groups is 1. The van der Waals surface area contributed by atoms with Crippen molar-refractivity contribution in [3.05, 3.63) is 66.2 Å². The van der Waals surface area contributed by atoms with E-state index in [9.17, 15) is 23.1 Å². The minimum absolute atomic E-state index is 0.00434. The van der Waals surface area contributed by atoms with Gasteiger partial charge in [0.15, 0.2) is 0 Å². The van der Waals surface area contributed by atoms with E-state index in [4.69, 9.17) is 0 Å². The van der Waals surface area contributed by atoms with Crippen LogP contribution in [0.25, 0.3) is 0 Å². The normalized spacial score (nSPS) is 15.9. The largest absolute Gasteiger partial charge is 0.374 e. The van der Waals surface area contributed by atoms with Gasteiger partial charge < -0.3 is 21.1 Å². The van der Waals surface area contributed by atoms with Crippen molar-refractivity contribution < 1.29 is 23.1 Å². The lowest BCUT2D eigenvalue weighted by Gasteiger charge is -2.40. The van der Waals surface area contributed by atoms with Crippen molar-refractivity contribution in [2.75, 3.05) is 26.2 Å². The highest BCUT2D eigenvalue weighted by Crippen LogP contribution is 2.30. The van der Waals surface area contributed by atoms with Gasteiger partial charge in [-0.3, -0.25) is 9.59 Å². The highest BCUT2D eigenvalue weighted by Gasteiger charge is 2.43. The maximum absolute atomic E-state index is 13.8. The molecule has 1 saturated carbocycles. The molecule has 0 heterocycles. The molecule has 0 aromatic heterocycles. The summed E-state index contributed by atoms with van der Waals surface area (Å²) in [5.74, 6) is -0.439. The molecule has 0 bridgehead atoms. The fourth-order valence-corrected chi connectivity index (χ4v) is 6.36. The van der Waals surface area contributed by atoms with E-state index < -0.39 is 15.7 Å². The zero-order valence-electron chi connectivity index (χ0n) is 23.8. The molecule has 0 aliphatic heterocycles. The average molecular weight is 573 g/mol. The molecule has 3 rings (SSSR count). The van der Waals surface area contributed by atoms with Gasteiger partial charge in [-0.15, -0.1) is 0 Å². The lowest BCUT2D eigenvalue weighted by molar-refractivity contribution is -0.124. The molecule has 2 amide bonds. The molecule has 0 spiro atoms. The second kappa shape index (κ2) is 14.7. The van der Waals surface area contributed by atoms with E-state index in [1.807, 2.05) is 51.1 Å². The summed E-state index contributed by atoms with van der Waals surface area (Å²) in [6, 6.07) is 17.8. The van der Waals surface area contributed by atoms with Crippen LogP contribution in [0, 0.1) is 11.8 Å². The fourth-order valence-electron chi connectivity index (χ4n) is 4.51. The van der Waals surface area contributed by atoms with Gasteiger partial charge in [0.05, 0.1) is 11.4 Å². The van der Waals surface area contributed by atoms with Crippen LogP contribution in [-0.2, 0) is 26.0 Å². The summed E-state index contributed by atoms with van der Waals surface area (Å²) in [4.78, 5) is 24.8. The standard InChI is InChI=1S/C30H44N4O5S/c1-23(2)22-34(40(38,39)27-12-8-5-9-13-27)30(37,19-25-10-6-4-7-11-25)16-17-31-28(35)18-24(3)20-33-29(36)21-32-26-14-15-26/h4-13,23-24,26,32,37H,14-22H2,1-3H3,(H,31,35)(H,33,36). The molecule has 0 saturated heterocycles. The summed E-state index contributed by atoms with van der Waals surface area (Å²) in [5.41, 5.74) is -0.990. The third kappa shape index (κ3) is 9.99. The van der Waals surface area contributed by atoms with Gasteiger partial charge in [-0.05, 0) is 42.4 Å². The molecule has 9 nitrogen and oxygen atoms in total. The number of carbonyl (C=O) groups excluding carboxylic acids is 2. The monoisotopic (exact) mass is 572 g/mol. The summed E-state index contributed by atoms with van der Waals surface area (Å²) in [5, 5.41) is 20.9. The van der Waals surface area contributed by atoms with Crippen LogP contribution in [0.5, 0.6) is 0 Å². The smallest absolute Gasteiger partial charge is 0.245 e. The van der Waals surface area contributed by atoms with Gasteiger partial charge >= 0.3 is 0 Å². The molecule has 4 N–H and O–H groups in total. The Bertz CT molecular complexity index is 1190. The number of carbonyl (C=O) groups is 2. The number of hydrogen-bond acceptors (Lipinski definition) is 6. The highest BCUT2D eigenvalue weighted by molar-refractivity contribution is 7.89. The lowest BCUT2D eigenvalue weighted by atomic mass is 9.98. The molecule has 1 aliphatic rings. The molecular formula is C30H44N4O5S. The molecule has 2 aromatic carbocycles. The summed E-state index contributed by atoms with van der Waals surface area (Å²) in [6.07, 6.45) is 2.49. The summed E-state index contributed by atoms with van der Waals surface area (Å²) < 4.78 is 28.8. The molecule has 2 aromatic rings. The van der Waals surface area contributed by atoms with Gasteiger partial charge in [0.1, 0.15) is 5.72 Å². The van der Waals surface area contributed by atoms with Crippen molar-refractivity contribution in [2.24, 2.45) is 11.8 Å². The molecular weight excluding hydrogens is 528 g/mol. The molecule has 2 unspecified atom stereocenters. The van der Waals surface area contributed by atoms with E-state index in [2.05, 4.69) is 16.0 Å². The third-order valence-electron chi connectivity index (χ3n) is 6.81. The number of nitrogens with one attached hydrogen (secondary N) is 3. The van der Waals surface area contributed by atoms with E-state index in [1.54, 1.807) is 18.2 Å². The first-order valence-electron chi connectivity index (χ1n) is 14.1. The van der Waals surface area contributed by atoms with E-state index in [-0.39, 0.29) is 67.4 Å². The van der Waals surface area contributed by atoms with Crippen molar-refractivity contribution in [1.29, 1.82) is 0 Å². The Morgan fingerprint density at radius 1 is 0.975 bits per heavy atom. The predicted molar refractivity (Wildman–Crippen MR) is 156 cm³/mol. The summed E-state index contributed by atoms with van der Waals surface area (Å²) in [7, 11) is -4.04. The Kier molecular flexibility index (Phi) is 11.7. The van der Waals surface area contributed by atoms with Crippen LogP contribution >= 0.6 is 0 Å². The highest BCUT2D eigenvalue weighted by atomic mass is 32.2. The number of sulfonamides is 1. The van der Waals surface area contributed by atoms with Crippen molar-refractivity contribution in [3.8, 4) is 0 Å². The van der Waals surface area contributed by atoms with Crippen LogP contribution in [0.3, 0.4) is 0 Å². The molecule has 10 heteroatoms. The summed E-state index contributed by atoms with van der Waals surface area (Å²) in [6.45, 7) is 6.56. The van der Waals surface area contributed by atoms with Crippen molar-refractivity contribution >= 4 is 21.8 Å². The molecule has 0 radical (unpaired) electrons. The Balaban J connectivity index is 1.66. The van der Waals surface area contributed by atoms with Gasteiger partial charge in [0.25, 0.3) is 0 Å². The van der Waals surface area contributed by atoms with Gasteiger partial charge in [-0.25, -0.2) is 8.42 Å². The van der Waals surface area contributed by atoms with Crippen LogP contribution < -0.4 is 16.0 Å². The first kappa shape index (κ1) is 31.7. The van der Waals surface area contributed by atoms with E-state index in [1.165, 1.54) is 16.4 Å². The maximum atomic E-state index is 13.8. The Hall–Kier alpha value is -2.79. The quantitative estimate of drug-likeness (QED) is 0.216. The Morgan fingerprint density at radius 3 is 2.20 bits per heavy atom. The molecule has 2 atom stereocenters. The van der Waals surface area contributed by atoms with Crippen molar-refractivity contribution in [1.82, 2.24) is 20.3 Å². The number of rotatable bonds is 17. The minimum atomic E-state index is -4.04. The number of hydrogen-bond donors (Lipinski definition) is 4. The lowest BCUT2D eigenvalue weighted by Crippen LogP contribution is -2.55. The first-order valence-corrected chi connectivity index (χ1v) is 15.5. The second-order valence-electron chi connectivity index (χ2n) is 11.3. The predicted octanol–water partition coefficient (Wildman–Crippen LogP) is 2.67. The average Bonchev–Trinajstić information content (AvgIpc) is 3.75. The van der Waals surface area contributed by atoms with Crippen LogP contribution in [-0.4, -0.2) is 67.6 Å². The van der Waals surface area contributed by atoms with Crippen molar-refractivity contribution in [2.45, 2.75) is 69.5 Å². The van der Waals surface area contributed by atoms with Crippen LogP contribution in [0.4, 0.5) is 0 Å². The van der Waals surface area contributed by atoms with Crippen LogP contribution in [0.2, 0.25) is 0 Å². The van der Waals surface area contributed by atoms with Gasteiger partial charge in [0, 0.05) is 44.9 Å². The number of amides is 2. The molecule has 40 heavy (non-hydrogen) atoms. The van der Waals surface area contributed by atoms with Gasteiger partial charge in [0.2, 0.25) is 21.8 Å². The van der Waals surface area contributed by atoms with E-state index in [0.717, 1.165) is 18.4 Å². The number of nitrogens with zero attached hydrogens (tertiary/aromatic N) is 1. The fraction of sp³-hybridized carbons (Fsp3) is 0.533. The Labute approximate surface area is 238 Å². The van der Waals surface area contributed by atoms with Crippen molar-refractivity contribution in [3.63, 3.8) is 0 Å². The topological polar surface area (TPSA) is 128 Å². The second-order valence-corrected chi connectivity index (χ2v) is 13.1. The molecule has 1 aliphatic carbocycles. The van der Waals surface area contributed by atoms with Gasteiger partial charge in [-0.2, -0.15) is 4.31 Å². The minimum Gasteiger partial charge on any atom is -0.374 e. The SMILES string of the molecule is CC(C)CN(C(O)(CCNC(=O)CC(C)CNC(=O)CNC1CC1)Cc1ccccc1)S(=O)(=O)c1ccccc1. The number of benzene rings is 2. The van der Waals surface area contributed by atoms with E-state index in [0.29, 0.717) is 12.6 Å². The maximum Gasteiger partial charge on any atom is 0.245 e. The zero-order valence-corrected chi connectivity index (χ0v) is 24.6. The zero-order chi connectivity index (χ0) is 29.2. The van der Waals surface area contributed by atoms with Crippen LogP contribution in [0.15, 0.2) is 65.6 Å². The van der Waals surface area contributed by atoms with Gasteiger partial charge in [-0.1, -0.05) is 69.3 Å².